The van der Waals surface area contributed by atoms with Crippen molar-refractivity contribution in [1.82, 2.24) is 5.32 Å². The van der Waals surface area contributed by atoms with Crippen LogP contribution < -0.4 is 5.32 Å². The monoisotopic (exact) mass is 225 g/mol. The lowest BCUT2D eigenvalue weighted by Crippen LogP contribution is -2.23. The Labute approximate surface area is 94.5 Å². The number of rotatable bonds is 5. The molecular weight excluding hydrogens is 206 g/mol. The van der Waals surface area contributed by atoms with Crippen molar-refractivity contribution in [3.05, 3.63) is 29.8 Å². The van der Waals surface area contributed by atoms with Crippen LogP contribution in [0.4, 0.5) is 0 Å². The zero-order valence-electron chi connectivity index (χ0n) is 9.62. The summed E-state index contributed by atoms with van der Waals surface area (Å²) in [7, 11) is 1.07. The third kappa shape index (κ3) is 4.14. The van der Waals surface area contributed by atoms with Crippen LogP contribution in [0.1, 0.15) is 18.9 Å². The highest BCUT2D eigenvalue weighted by Crippen LogP contribution is 2.10. The number of hydrogen-bond acceptors (Lipinski definition) is 2. The Hall–Kier alpha value is -0.670. The molecule has 1 N–H and O–H groups in total. The minimum absolute atomic E-state index is 0.429. The van der Waals surface area contributed by atoms with Crippen LogP contribution in [0.5, 0.6) is 0 Å². The zero-order valence-corrected chi connectivity index (χ0v) is 10.4. The molecule has 0 bridgehead atoms. The van der Waals surface area contributed by atoms with Gasteiger partial charge in [-0.15, -0.1) is 0 Å². The molecule has 2 atom stereocenters. The van der Waals surface area contributed by atoms with E-state index in [4.69, 9.17) is 0 Å². The van der Waals surface area contributed by atoms with Crippen molar-refractivity contribution in [3.8, 4) is 0 Å². The van der Waals surface area contributed by atoms with E-state index in [-0.39, 0.29) is 0 Å². The molecule has 0 heterocycles. The predicted octanol–water partition coefficient (Wildman–Crippen LogP) is 2.10. The maximum atomic E-state index is 11.9. The van der Waals surface area contributed by atoms with E-state index in [1.165, 1.54) is 5.56 Å². The molecule has 84 valence electrons. The molecule has 0 amide bonds. The van der Waals surface area contributed by atoms with E-state index in [0.29, 0.717) is 6.04 Å². The van der Waals surface area contributed by atoms with Crippen molar-refractivity contribution < 1.29 is 4.21 Å². The predicted molar refractivity (Wildman–Crippen MR) is 65.6 cm³/mol. The molecule has 0 radical (unpaired) electrons. The first kappa shape index (κ1) is 12.4. The van der Waals surface area contributed by atoms with Gasteiger partial charge in [0.25, 0.3) is 0 Å². The molecule has 0 saturated heterocycles. The summed E-state index contributed by atoms with van der Waals surface area (Å²) in [6.07, 6.45) is 0.942. The number of aryl methyl sites for hydroxylation is 1. The second-order valence-electron chi connectivity index (χ2n) is 3.84. The highest BCUT2D eigenvalue weighted by Gasteiger charge is 2.06. The van der Waals surface area contributed by atoms with Gasteiger partial charge in [-0.3, -0.25) is 4.21 Å². The summed E-state index contributed by atoms with van der Waals surface area (Å²) in [5, 5.41) is 3.15. The fraction of sp³-hybridized carbons (Fsp3) is 0.500. The molecule has 1 aromatic rings. The number of nitrogens with one attached hydrogen (secondary N) is 1. The van der Waals surface area contributed by atoms with Crippen molar-refractivity contribution in [2.75, 3.05) is 12.8 Å². The third-order valence-corrected chi connectivity index (χ3v) is 3.87. The molecule has 0 spiro atoms. The summed E-state index contributed by atoms with van der Waals surface area (Å²) < 4.78 is 11.9. The molecule has 1 rings (SSSR count). The van der Waals surface area contributed by atoms with Gasteiger partial charge in [-0.25, -0.2) is 0 Å². The van der Waals surface area contributed by atoms with E-state index >= 15 is 0 Å². The van der Waals surface area contributed by atoms with Crippen LogP contribution in [0.15, 0.2) is 29.2 Å². The van der Waals surface area contributed by atoms with E-state index in [1.807, 2.05) is 38.2 Å². The highest BCUT2D eigenvalue weighted by molar-refractivity contribution is 7.85. The molecular formula is C12H19NOS. The van der Waals surface area contributed by atoms with Gasteiger partial charge in [0.15, 0.2) is 0 Å². The molecule has 0 aliphatic heterocycles. The van der Waals surface area contributed by atoms with E-state index in [0.717, 1.165) is 17.1 Å². The summed E-state index contributed by atoms with van der Waals surface area (Å²) in [5.74, 6) is 0.728. The molecule has 0 saturated carbocycles. The Morgan fingerprint density at radius 3 is 2.80 bits per heavy atom. The van der Waals surface area contributed by atoms with Crippen molar-refractivity contribution in [2.24, 2.45) is 0 Å². The first-order valence-electron chi connectivity index (χ1n) is 5.26. The lowest BCUT2D eigenvalue weighted by molar-refractivity contribution is 0.591. The summed E-state index contributed by atoms with van der Waals surface area (Å²) in [6, 6.07) is 8.35. The summed E-state index contributed by atoms with van der Waals surface area (Å²) >= 11 is 0. The second kappa shape index (κ2) is 6.03. The van der Waals surface area contributed by atoms with Gasteiger partial charge < -0.3 is 5.32 Å². The lowest BCUT2D eigenvalue weighted by Gasteiger charge is -2.09. The fourth-order valence-electron chi connectivity index (χ4n) is 1.30. The minimum Gasteiger partial charge on any atom is -0.317 e. The Morgan fingerprint density at radius 2 is 2.20 bits per heavy atom. The van der Waals surface area contributed by atoms with Crippen LogP contribution in [0.25, 0.3) is 0 Å². The highest BCUT2D eigenvalue weighted by atomic mass is 32.2. The van der Waals surface area contributed by atoms with Crippen molar-refractivity contribution in [3.63, 3.8) is 0 Å². The van der Waals surface area contributed by atoms with Gasteiger partial charge in [-0.1, -0.05) is 12.1 Å². The molecule has 0 fully saturated rings. The quantitative estimate of drug-likeness (QED) is 0.831. The minimum atomic E-state index is -0.856. The van der Waals surface area contributed by atoms with Crippen LogP contribution in [0, 0.1) is 6.92 Å². The van der Waals surface area contributed by atoms with E-state index < -0.39 is 10.8 Å². The summed E-state index contributed by atoms with van der Waals surface area (Å²) in [6.45, 7) is 4.13. The van der Waals surface area contributed by atoms with Gasteiger partial charge in [0.05, 0.1) is 10.8 Å². The van der Waals surface area contributed by atoms with Crippen LogP contribution in [-0.2, 0) is 10.8 Å². The van der Waals surface area contributed by atoms with Gasteiger partial charge >= 0.3 is 0 Å². The maximum absolute atomic E-state index is 11.9. The SMILES string of the molecule is CNC(C)CCS(=O)c1cccc(C)c1. The summed E-state index contributed by atoms with van der Waals surface area (Å²) in [5.41, 5.74) is 1.17. The van der Waals surface area contributed by atoms with Crippen LogP contribution in [0.2, 0.25) is 0 Å². The standard InChI is InChI=1S/C12H19NOS/c1-10-5-4-6-12(9-10)15(14)8-7-11(2)13-3/h4-6,9,11,13H,7-8H2,1-3H3. The molecule has 2 nitrogen and oxygen atoms in total. The first-order valence-corrected chi connectivity index (χ1v) is 6.57. The van der Waals surface area contributed by atoms with E-state index in [1.54, 1.807) is 0 Å². The topological polar surface area (TPSA) is 29.1 Å². The van der Waals surface area contributed by atoms with E-state index in [2.05, 4.69) is 12.2 Å². The molecule has 1 aromatic carbocycles. The average Bonchev–Trinajstić information content (AvgIpc) is 2.25. The Kier molecular flexibility index (Phi) is 4.99. The zero-order chi connectivity index (χ0) is 11.3. The number of hydrogen-bond donors (Lipinski definition) is 1. The van der Waals surface area contributed by atoms with Gasteiger partial charge in [-0.05, 0) is 45.0 Å². The third-order valence-electron chi connectivity index (χ3n) is 2.48. The molecule has 15 heavy (non-hydrogen) atoms. The van der Waals surface area contributed by atoms with Crippen molar-refractivity contribution in [1.29, 1.82) is 0 Å². The van der Waals surface area contributed by atoms with E-state index in [9.17, 15) is 4.21 Å². The Morgan fingerprint density at radius 1 is 1.47 bits per heavy atom. The molecule has 0 aromatic heterocycles. The normalized spacial score (nSPS) is 14.9. The van der Waals surface area contributed by atoms with Gasteiger partial charge in [0, 0.05) is 16.7 Å². The number of benzene rings is 1. The lowest BCUT2D eigenvalue weighted by atomic mass is 10.2. The maximum Gasteiger partial charge on any atom is 0.0530 e. The van der Waals surface area contributed by atoms with Gasteiger partial charge in [-0.2, -0.15) is 0 Å². The van der Waals surface area contributed by atoms with Crippen molar-refractivity contribution >= 4 is 10.8 Å². The molecule has 0 aliphatic carbocycles. The summed E-state index contributed by atoms with van der Waals surface area (Å²) in [4.78, 5) is 0.943. The van der Waals surface area contributed by atoms with Crippen molar-refractivity contribution in [2.45, 2.75) is 31.2 Å². The molecule has 3 heteroatoms. The Bertz CT molecular complexity index is 338. The van der Waals surface area contributed by atoms with Gasteiger partial charge in [0.1, 0.15) is 0 Å². The largest absolute Gasteiger partial charge is 0.317 e. The van der Waals surface area contributed by atoms with Crippen LogP contribution >= 0.6 is 0 Å². The smallest absolute Gasteiger partial charge is 0.0530 e. The van der Waals surface area contributed by atoms with Crippen LogP contribution in [-0.4, -0.2) is 23.1 Å². The molecule has 2 unspecified atom stereocenters. The second-order valence-corrected chi connectivity index (χ2v) is 5.42. The Balaban J connectivity index is 2.54. The average molecular weight is 225 g/mol. The fourth-order valence-corrected chi connectivity index (χ4v) is 2.65. The first-order chi connectivity index (χ1) is 7.13. The van der Waals surface area contributed by atoms with Gasteiger partial charge in [0.2, 0.25) is 0 Å². The molecule has 0 aliphatic rings. The van der Waals surface area contributed by atoms with Crippen LogP contribution in [0.3, 0.4) is 0 Å².